The van der Waals surface area contributed by atoms with Crippen molar-refractivity contribution in [1.82, 2.24) is 10.2 Å². The number of amides is 3. The molecule has 3 aromatic rings. The number of nitrogens with zero attached hydrogens (tertiary/aromatic N) is 2. The Kier molecular flexibility index (Phi) is 7.67. The van der Waals surface area contributed by atoms with E-state index in [2.05, 4.69) is 20.9 Å². The maximum absolute atomic E-state index is 12.6. The van der Waals surface area contributed by atoms with E-state index in [0.717, 1.165) is 11.1 Å². The third kappa shape index (κ3) is 6.31. The number of hydrogen-bond acceptors (Lipinski definition) is 5. The highest BCUT2D eigenvalue weighted by Gasteiger charge is 2.18. The van der Waals surface area contributed by atoms with E-state index < -0.39 is 0 Å². The molecule has 0 unspecified atom stereocenters. The normalized spacial score (nSPS) is 12.2. The van der Waals surface area contributed by atoms with Crippen molar-refractivity contribution in [2.24, 2.45) is 4.99 Å². The van der Waals surface area contributed by atoms with E-state index in [4.69, 9.17) is 0 Å². The molecule has 0 atom stereocenters. The van der Waals surface area contributed by atoms with Crippen LogP contribution in [-0.2, 0) is 11.3 Å². The molecule has 1 aliphatic rings. The molecule has 8 nitrogen and oxygen atoms in total. The van der Waals surface area contributed by atoms with Gasteiger partial charge in [-0.3, -0.25) is 19.4 Å². The van der Waals surface area contributed by atoms with Crippen LogP contribution in [0.15, 0.2) is 89.9 Å². The topological polar surface area (TPSA) is 103 Å². The van der Waals surface area contributed by atoms with Crippen molar-refractivity contribution in [2.45, 2.75) is 6.54 Å². The maximum atomic E-state index is 12.6. The number of hydrogen-bond donors (Lipinski definition) is 3. The molecular formula is C28H27N5O3. The van der Waals surface area contributed by atoms with Crippen molar-refractivity contribution in [1.29, 1.82) is 0 Å². The van der Waals surface area contributed by atoms with Crippen LogP contribution in [0.4, 0.5) is 11.4 Å². The molecule has 0 aliphatic carbocycles. The summed E-state index contributed by atoms with van der Waals surface area (Å²) in [5.41, 5.74) is 4.06. The summed E-state index contributed by atoms with van der Waals surface area (Å²) in [6, 6.07) is 21.0. The van der Waals surface area contributed by atoms with Gasteiger partial charge in [0.1, 0.15) is 5.84 Å². The second-order valence-electron chi connectivity index (χ2n) is 8.54. The Balaban J connectivity index is 1.30. The van der Waals surface area contributed by atoms with Crippen molar-refractivity contribution in [3.63, 3.8) is 0 Å². The molecule has 3 aromatic carbocycles. The van der Waals surface area contributed by atoms with Crippen molar-refractivity contribution >= 4 is 34.9 Å². The fraction of sp³-hybridized carbons (Fsp3) is 0.143. The predicted molar refractivity (Wildman–Crippen MR) is 141 cm³/mol. The second kappa shape index (κ2) is 11.2. The molecule has 36 heavy (non-hydrogen) atoms. The van der Waals surface area contributed by atoms with Crippen LogP contribution in [0.5, 0.6) is 0 Å². The highest BCUT2D eigenvalue weighted by molar-refractivity contribution is 6.14. The summed E-state index contributed by atoms with van der Waals surface area (Å²) in [5.74, 6) is -0.231. The second-order valence-corrected chi connectivity index (χ2v) is 8.54. The van der Waals surface area contributed by atoms with Crippen LogP contribution in [-0.4, -0.2) is 49.1 Å². The number of benzene rings is 3. The summed E-state index contributed by atoms with van der Waals surface area (Å²) >= 11 is 0. The molecule has 0 spiro atoms. The van der Waals surface area contributed by atoms with E-state index in [1.165, 1.54) is 6.08 Å². The lowest BCUT2D eigenvalue weighted by Crippen LogP contribution is -2.30. The first-order valence-corrected chi connectivity index (χ1v) is 11.5. The number of anilines is 2. The van der Waals surface area contributed by atoms with Gasteiger partial charge in [-0.2, -0.15) is 0 Å². The summed E-state index contributed by atoms with van der Waals surface area (Å²) in [7, 11) is 3.84. The molecular weight excluding hydrogens is 454 g/mol. The van der Waals surface area contributed by atoms with Gasteiger partial charge >= 0.3 is 0 Å². The molecule has 3 amide bonds. The van der Waals surface area contributed by atoms with Gasteiger partial charge in [-0.25, -0.2) is 0 Å². The zero-order chi connectivity index (χ0) is 25.5. The molecule has 3 N–H and O–H groups in total. The van der Waals surface area contributed by atoms with Gasteiger partial charge in [0.2, 0.25) is 5.91 Å². The lowest BCUT2D eigenvalue weighted by molar-refractivity contribution is -0.111. The summed E-state index contributed by atoms with van der Waals surface area (Å²) < 4.78 is 0. The fourth-order valence-electron chi connectivity index (χ4n) is 3.59. The van der Waals surface area contributed by atoms with E-state index in [1.807, 2.05) is 43.3 Å². The summed E-state index contributed by atoms with van der Waals surface area (Å²) in [5, 5.41) is 8.43. The summed E-state index contributed by atoms with van der Waals surface area (Å²) in [6.45, 7) is 1.22. The lowest BCUT2D eigenvalue weighted by Gasteiger charge is -2.09. The molecule has 182 valence electrons. The molecule has 8 heteroatoms. The zero-order valence-corrected chi connectivity index (χ0v) is 20.1. The summed E-state index contributed by atoms with van der Waals surface area (Å²) in [4.78, 5) is 43.6. The highest BCUT2D eigenvalue weighted by Crippen LogP contribution is 2.18. The number of carbonyl (C=O) groups excluding carboxylic acids is 3. The minimum absolute atomic E-state index is 0.234. The average molecular weight is 482 g/mol. The molecule has 0 fully saturated rings. The van der Waals surface area contributed by atoms with Crippen LogP contribution in [0.1, 0.15) is 31.8 Å². The number of aliphatic imine (C=N–C) groups is 1. The van der Waals surface area contributed by atoms with E-state index >= 15 is 0 Å². The Hall–Kier alpha value is -4.56. The van der Waals surface area contributed by atoms with Gasteiger partial charge in [0.15, 0.2) is 0 Å². The summed E-state index contributed by atoms with van der Waals surface area (Å²) in [6.07, 6.45) is 3.25. The van der Waals surface area contributed by atoms with Crippen LogP contribution in [0.3, 0.4) is 0 Å². The van der Waals surface area contributed by atoms with Crippen LogP contribution in [0.25, 0.3) is 0 Å². The van der Waals surface area contributed by atoms with Crippen LogP contribution < -0.4 is 16.0 Å². The number of likely N-dealkylation sites (N-methyl/N-ethyl adjacent to an activating group) is 1. The average Bonchev–Trinajstić information content (AvgIpc) is 3.27. The molecule has 0 aromatic heterocycles. The molecule has 4 rings (SSSR count). The Bertz CT molecular complexity index is 1330. The first-order valence-electron chi connectivity index (χ1n) is 11.5. The van der Waals surface area contributed by atoms with Crippen molar-refractivity contribution in [3.05, 3.63) is 107 Å². The van der Waals surface area contributed by atoms with Crippen LogP contribution in [0, 0.1) is 0 Å². The molecule has 1 aliphatic heterocycles. The smallest absolute Gasteiger partial charge is 0.256 e. The van der Waals surface area contributed by atoms with E-state index in [1.54, 1.807) is 54.6 Å². The molecule has 0 bridgehead atoms. The number of carbonyl (C=O) groups is 3. The van der Waals surface area contributed by atoms with Crippen molar-refractivity contribution < 1.29 is 14.4 Å². The molecule has 0 radical (unpaired) electrons. The quantitative estimate of drug-likeness (QED) is 0.448. The first-order chi connectivity index (χ1) is 17.4. The zero-order valence-electron chi connectivity index (χ0n) is 20.1. The Morgan fingerprint density at radius 3 is 2.03 bits per heavy atom. The first kappa shape index (κ1) is 24.6. The molecule has 0 saturated carbocycles. The lowest BCUT2D eigenvalue weighted by atomic mass is 10.1. The van der Waals surface area contributed by atoms with Gasteiger partial charge in [-0.05, 0) is 68.2 Å². The standard InChI is InChI=1S/C28H27N5O3/c1-33(2)17-5-8-25(34)30-22-13-9-19(10-14-22)27(35)31-23-15-11-20(12-16-23)28(36)32-26-24-7-4-3-6-21(24)18-29-26/h3-16H,17-18H2,1-2H3,(H,30,34)(H,31,35)(H,29,32,36)/b8-5+. The van der Waals surface area contributed by atoms with Gasteiger partial charge in [0.05, 0.1) is 6.54 Å². The number of amidine groups is 1. The Morgan fingerprint density at radius 2 is 1.39 bits per heavy atom. The maximum Gasteiger partial charge on any atom is 0.256 e. The highest BCUT2D eigenvalue weighted by atomic mass is 16.2. The van der Waals surface area contributed by atoms with Gasteiger partial charge in [-0.15, -0.1) is 0 Å². The van der Waals surface area contributed by atoms with Crippen LogP contribution >= 0.6 is 0 Å². The van der Waals surface area contributed by atoms with Gasteiger partial charge in [-0.1, -0.05) is 30.3 Å². The monoisotopic (exact) mass is 481 g/mol. The number of rotatable bonds is 7. The predicted octanol–water partition coefficient (Wildman–Crippen LogP) is 3.69. The fourth-order valence-corrected chi connectivity index (χ4v) is 3.59. The third-order valence-corrected chi connectivity index (χ3v) is 5.47. The minimum Gasteiger partial charge on any atom is -0.323 e. The largest absolute Gasteiger partial charge is 0.323 e. The molecule has 0 saturated heterocycles. The van der Waals surface area contributed by atoms with Crippen LogP contribution in [0.2, 0.25) is 0 Å². The Morgan fingerprint density at radius 1 is 0.806 bits per heavy atom. The van der Waals surface area contributed by atoms with E-state index in [-0.39, 0.29) is 17.7 Å². The number of nitrogens with one attached hydrogen (secondary N) is 3. The SMILES string of the molecule is CN(C)C/C=C/C(=O)Nc1ccc(C(=O)Nc2ccc(C(=O)NC3=NCc4ccccc43)cc2)cc1. The van der Waals surface area contributed by atoms with Gasteiger partial charge in [0, 0.05) is 40.7 Å². The van der Waals surface area contributed by atoms with Crippen molar-refractivity contribution in [3.8, 4) is 0 Å². The van der Waals surface area contributed by atoms with Gasteiger partial charge < -0.3 is 20.9 Å². The van der Waals surface area contributed by atoms with Gasteiger partial charge in [0.25, 0.3) is 11.8 Å². The van der Waals surface area contributed by atoms with E-state index in [0.29, 0.717) is 41.4 Å². The third-order valence-electron chi connectivity index (χ3n) is 5.47. The number of fused-ring (bicyclic) bond motifs is 1. The van der Waals surface area contributed by atoms with E-state index in [9.17, 15) is 14.4 Å². The minimum atomic E-state index is -0.298. The Labute approximate surface area is 209 Å². The van der Waals surface area contributed by atoms with Crippen molar-refractivity contribution in [2.75, 3.05) is 31.3 Å². The molecule has 1 heterocycles.